The van der Waals surface area contributed by atoms with Gasteiger partial charge in [-0.15, -0.1) is 0 Å². The summed E-state index contributed by atoms with van der Waals surface area (Å²) in [4.78, 5) is 11.8. The average molecular weight is 183 g/mol. The summed E-state index contributed by atoms with van der Waals surface area (Å²) in [5.74, 6) is 0.941. The number of rotatable bonds is 2. The molecule has 76 valence electrons. The first kappa shape index (κ1) is 10.7. The zero-order valence-corrected chi connectivity index (χ0v) is 8.97. The zero-order valence-electron chi connectivity index (χ0n) is 8.97. The van der Waals surface area contributed by atoms with Crippen LogP contribution in [0, 0.1) is 11.8 Å². The van der Waals surface area contributed by atoms with Gasteiger partial charge in [0.05, 0.1) is 5.54 Å². The van der Waals surface area contributed by atoms with Crippen molar-refractivity contribution in [2.75, 3.05) is 0 Å². The number of hydrogen-bond acceptors (Lipinski definition) is 2. The largest absolute Gasteiger partial charge is 0.319 e. The lowest BCUT2D eigenvalue weighted by atomic mass is 9.72. The molecule has 2 atom stereocenters. The number of carbonyl (C=O) groups excluding carboxylic acids is 1. The minimum Gasteiger partial charge on any atom is -0.319 e. The molecular formula is C11H21NO. The molecule has 1 rings (SSSR count). The lowest BCUT2D eigenvalue weighted by molar-refractivity contribution is -0.128. The van der Waals surface area contributed by atoms with Gasteiger partial charge in [-0.05, 0) is 18.8 Å². The van der Waals surface area contributed by atoms with Gasteiger partial charge < -0.3 is 5.73 Å². The predicted molar refractivity (Wildman–Crippen MR) is 54.4 cm³/mol. The average Bonchev–Trinajstić information content (AvgIpc) is 2.02. The standard InChI is InChI=1S/C11H21NO/c1-8(2)10(13)11(12)6-4-5-9(3)7-11/h8-9H,4-7,12H2,1-3H3. The number of nitrogens with two attached hydrogens (primary N) is 1. The van der Waals surface area contributed by atoms with E-state index in [1.807, 2.05) is 13.8 Å². The molecule has 0 aromatic heterocycles. The van der Waals surface area contributed by atoms with Crippen LogP contribution >= 0.6 is 0 Å². The molecule has 2 N–H and O–H groups in total. The zero-order chi connectivity index (χ0) is 10.1. The summed E-state index contributed by atoms with van der Waals surface area (Å²) in [6.07, 6.45) is 4.10. The van der Waals surface area contributed by atoms with Crippen molar-refractivity contribution in [3.8, 4) is 0 Å². The van der Waals surface area contributed by atoms with Crippen LogP contribution in [0.3, 0.4) is 0 Å². The Morgan fingerprint density at radius 3 is 2.62 bits per heavy atom. The maximum Gasteiger partial charge on any atom is 0.155 e. The van der Waals surface area contributed by atoms with Crippen molar-refractivity contribution in [1.29, 1.82) is 0 Å². The Hall–Kier alpha value is -0.370. The monoisotopic (exact) mass is 183 g/mol. The molecule has 1 fully saturated rings. The molecule has 0 aliphatic heterocycles. The highest BCUT2D eigenvalue weighted by Crippen LogP contribution is 2.32. The van der Waals surface area contributed by atoms with Crippen LogP contribution < -0.4 is 5.73 Å². The molecule has 0 aromatic carbocycles. The lowest BCUT2D eigenvalue weighted by Gasteiger charge is -2.36. The van der Waals surface area contributed by atoms with Gasteiger partial charge in [-0.2, -0.15) is 0 Å². The van der Waals surface area contributed by atoms with Gasteiger partial charge in [-0.1, -0.05) is 33.6 Å². The molecule has 2 heteroatoms. The Balaban J connectivity index is 2.68. The van der Waals surface area contributed by atoms with Crippen molar-refractivity contribution in [1.82, 2.24) is 0 Å². The van der Waals surface area contributed by atoms with Gasteiger partial charge in [-0.3, -0.25) is 4.79 Å². The highest BCUT2D eigenvalue weighted by Gasteiger charge is 2.38. The van der Waals surface area contributed by atoms with Crippen molar-refractivity contribution in [3.05, 3.63) is 0 Å². The molecule has 0 radical (unpaired) electrons. The van der Waals surface area contributed by atoms with E-state index in [9.17, 15) is 4.79 Å². The molecule has 0 heterocycles. The summed E-state index contributed by atoms with van der Waals surface area (Å²) >= 11 is 0. The Morgan fingerprint density at radius 2 is 2.15 bits per heavy atom. The minimum absolute atomic E-state index is 0.0790. The summed E-state index contributed by atoms with van der Waals surface area (Å²) in [5, 5.41) is 0. The minimum atomic E-state index is -0.508. The molecule has 13 heavy (non-hydrogen) atoms. The maximum atomic E-state index is 11.8. The molecule has 0 saturated heterocycles. The first-order valence-corrected chi connectivity index (χ1v) is 5.29. The molecule has 1 aliphatic rings. The molecule has 0 spiro atoms. The van der Waals surface area contributed by atoms with Gasteiger partial charge in [0.2, 0.25) is 0 Å². The maximum absolute atomic E-state index is 11.8. The van der Waals surface area contributed by atoms with Gasteiger partial charge >= 0.3 is 0 Å². The van der Waals surface area contributed by atoms with Crippen LogP contribution in [0.25, 0.3) is 0 Å². The van der Waals surface area contributed by atoms with Crippen molar-refractivity contribution < 1.29 is 4.79 Å². The first-order chi connectivity index (χ1) is 5.96. The molecular weight excluding hydrogens is 162 g/mol. The molecule has 0 bridgehead atoms. The summed E-state index contributed by atoms with van der Waals surface area (Å²) in [7, 11) is 0. The molecule has 2 nitrogen and oxygen atoms in total. The van der Waals surface area contributed by atoms with Crippen LogP contribution in [0.2, 0.25) is 0 Å². The van der Waals surface area contributed by atoms with E-state index in [2.05, 4.69) is 6.92 Å². The highest BCUT2D eigenvalue weighted by atomic mass is 16.1. The molecule has 1 aliphatic carbocycles. The quantitative estimate of drug-likeness (QED) is 0.712. The van der Waals surface area contributed by atoms with Crippen LogP contribution in [-0.2, 0) is 4.79 Å². The van der Waals surface area contributed by atoms with Gasteiger partial charge in [0.25, 0.3) is 0 Å². The Labute approximate surface area is 80.9 Å². The Kier molecular flexibility index (Phi) is 3.12. The predicted octanol–water partition coefficient (Wildman–Crippen LogP) is 2.12. The fourth-order valence-corrected chi connectivity index (χ4v) is 2.39. The van der Waals surface area contributed by atoms with E-state index < -0.39 is 5.54 Å². The number of ketones is 1. The normalized spacial score (nSPS) is 35.0. The third kappa shape index (κ3) is 2.31. The lowest BCUT2D eigenvalue weighted by Crippen LogP contribution is -2.52. The van der Waals surface area contributed by atoms with E-state index in [-0.39, 0.29) is 11.7 Å². The number of Topliss-reactive ketones (excluding diaryl/α,β-unsaturated/α-hetero) is 1. The van der Waals surface area contributed by atoms with E-state index in [1.165, 1.54) is 6.42 Å². The Bertz CT molecular complexity index is 200. The van der Waals surface area contributed by atoms with Crippen LogP contribution in [0.1, 0.15) is 46.5 Å². The summed E-state index contributed by atoms with van der Waals surface area (Å²) in [6, 6.07) is 0. The third-order valence-corrected chi connectivity index (χ3v) is 3.05. The van der Waals surface area contributed by atoms with Crippen LogP contribution in [0.15, 0.2) is 0 Å². The van der Waals surface area contributed by atoms with Gasteiger partial charge in [0, 0.05) is 5.92 Å². The fraction of sp³-hybridized carbons (Fsp3) is 0.909. The van der Waals surface area contributed by atoms with Crippen molar-refractivity contribution in [3.63, 3.8) is 0 Å². The second kappa shape index (κ2) is 3.79. The summed E-state index contributed by atoms with van der Waals surface area (Å²) < 4.78 is 0. The fourth-order valence-electron chi connectivity index (χ4n) is 2.39. The SMILES string of the molecule is CC1CCCC(N)(C(=O)C(C)C)C1. The van der Waals surface area contributed by atoms with E-state index in [0.29, 0.717) is 5.92 Å². The second-order valence-electron chi connectivity index (χ2n) is 4.88. The van der Waals surface area contributed by atoms with Gasteiger partial charge in [-0.25, -0.2) is 0 Å². The highest BCUT2D eigenvalue weighted by molar-refractivity contribution is 5.89. The Morgan fingerprint density at radius 1 is 1.54 bits per heavy atom. The third-order valence-electron chi connectivity index (χ3n) is 3.05. The van der Waals surface area contributed by atoms with Gasteiger partial charge in [0.15, 0.2) is 5.78 Å². The second-order valence-corrected chi connectivity index (χ2v) is 4.88. The molecule has 2 unspecified atom stereocenters. The summed E-state index contributed by atoms with van der Waals surface area (Å²) in [6.45, 7) is 6.07. The van der Waals surface area contributed by atoms with Crippen molar-refractivity contribution in [2.45, 2.75) is 52.0 Å². The van der Waals surface area contributed by atoms with Crippen molar-refractivity contribution in [2.24, 2.45) is 17.6 Å². The van der Waals surface area contributed by atoms with E-state index in [4.69, 9.17) is 5.73 Å². The molecule has 1 saturated carbocycles. The molecule has 0 amide bonds. The van der Waals surface area contributed by atoms with Crippen LogP contribution in [-0.4, -0.2) is 11.3 Å². The topological polar surface area (TPSA) is 43.1 Å². The smallest absolute Gasteiger partial charge is 0.155 e. The summed E-state index contributed by atoms with van der Waals surface area (Å²) in [5.41, 5.74) is 5.64. The first-order valence-electron chi connectivity index (χ1n) is 5.29. The van der Waals surface area contributed by atoms with E-state index >= 15 is 0 Å². The molecule has 0 aromatic rings. The van der Waals surface area contributed by atoms with Crippen LogP contribution in [0.4, 0.5) is 0 Å². The van der Waals surface area contributed by atoms with E-state index in [0.717, 1.165) is 19.3 Å². The van der Waals surface area contributed by atoms with Gasteiger partial charge in [0.1, 0.15) is 0 Å². The van der Waals surface area contributed by atoms with E-state index in [1.54, 1.807) is 0 Å². The number of hydrogen-bond donors (Lipinski definition) is 1. The van der Waals surface area contributed by atoms with Crippen molar-refractivity contribution >= 4 is 5.78 Å². The van der Waals surface area contributed by atoms with Crippen LogP contribution in [0.5, 0.6) is 0 Å². The number of carbonyl (C=O) groups is 1.